The smallest absolute Gasteiger partial charge is 0.248 e. The second kappa shape index (κ2) is 11.3. The number of aliphatic hydroxyl groups is 1. The fraction of sp³-hybridized carbons (Fsp3) is 0.360. The average Bonchev–Trinajstić information content (AvgIpc) is 3.37. The number of ketones is 1. The average molecular weight is 508 g/mol. The number of Topliss-reactive ketones (excluding diaryl/α,β-unsaturated/α-hetero) is 1. The zero-order valence-corrected chi connectivity index (χ0v) is 20.5. The van der Waals surface area contributed by atoms with Crippen LogP contribution >= 0.6 is 11.6 Å². The maximum atomic E-state index is 12.3. The fourth-order valence-corrected chi connectivity index (χ4v) is 4.30. The Morgan fingerprint density at radius 3 is 2.64 bits per heavy atom. The third-order valence-electron chi connectivity index (χ3n) is 6.12. The van der Waals surface area contributed by atoms with Crippen molar-refractivity contribution in [2.45, 2.75) is 32.2 Å². The van der Waals surface area contributed by atoms with Gasteiger partial charge in [0.2, 0.25) is 11.9 Å². The lowest BCUT2D eigenvalue weighted by Crippen LogP contribution is -2.40. The summed E-state index contributed by atoms with van der Waals surface area (Å²) in [6, 6.07) is 9.18. The number of hydrogen-bond acceptors (Lipinski definition) is 8. The van der Waals surface area contributed by atoms with E-state index in [0.29, 0.717) is 41.0 Å². The number of amides is 1. The predicted octanol–water partition coefficient (Wildman–Crippen LogP) is 3.63. The van der Waals surface area contributed by atoms with Gasteiger partial charge in [0, 0.05) is 36.8 Å². The van der Waals surface area contributed by atoms with Crippen molar-refractivity contribution in [3.05, 3.63) is 53.4 Å². The Bertz CT molecular complexity index is 1280. The fourth-order valence-electron chi connectivity index (χ4n) is 4.10. The molecule has 0 aliphatic carbocycles. The van der Waals surface area contributed by atoms with E-state index in [9.17, 15) is 9.59 Å². The van der Waals surface area contributed by atoms with Gasteiger partial charge in [-0.25, -0.2) is 9.97 Å². The Labute approximate surface area is 213 Å². The molecule has 1 amide bonds. The molecular formula is C25H26ClN7O3. The number of likely N-dealkylation sites (tertiary alicyclic amines) is 1. The SMILES string of the molecule is C[C@@H](C#N)CC(=O)c1ccc(-c2nc(Nc3cnn(C4CCN(C(=O)CO)CC4)c3)ncc2Cl)cc1. The van der Waals surface area contributed by atoms with Gasteiger partial charge < -0.3 is 15.3 Å². The molecular weight excluding hydrogens is 482 g/mol. The first-order valence-electron chi connectivity index (χ1n) is 11.6. The monoisotopic (exact) mass is 507 g/mol. The summed E-state index contributed by atoms with van der Waals surface area (Å²) in [5, 5.41) is 25.9. The molecule has 3 aromatic rings. The Kier molecular flexibility index (Phi) is 7.93. The molecule has 0 saturated carbocycles. The van der Waals surface area contributed by atoms with E-state index in [1.807, 2.05) is 10.9 Å². The lowest BCUT2D eigenvalue weighted by Gasteiger charge is -2.31. The van der Waals surface area contributed by atoms with Crippen molar-refractivity contribution >= 4 is 34.9 Å². The highest BCUT2D eigenvalue weighted by Crippen LogP contribution is 2.28. The molecule has 0 spiro atoms. The van der Waals surface area contributed by atoms with Crippen LogP contribution in [-0.2, 0) is 4.79 Å². The van der Waals surface area contributed by atoms with Gasteiger partial charge >= 0.3 is 0 Å². The van der Waals surface area contributed by atoms with Gasteiger partial charge in [0.05, 0.1) is 46.8 Å². The zero-order chi connectivity index (χ0) is 25.7. The Morgan fingerprint density at radius 2 is 1.97 bits per heavy atom. The first kappa shape index (κ1) is 25.3. The standard InChI is InChI=1S/C25H26ClN7O3/c1-16(11-27)10-22(35)17-2-4-18(5-3-17)24-21(26)13-28-25(31-24)30-19-12-29-33(14-19)20-6-8-32(9-7-20)23(36)15-34/h2-5,12-14,16,20,34H,6-10,15H2,1H3,(H,28,30,31)/t16-/m1/s1. The molecule has 0 unspecified atom stereocenters. The molecule has 1 saturated heterocycles. The van der Waals surface area contributed by atoms with Gasteiger partial charge in [0.1, 0.15) is 6.61 Å². The lowest BCUT2D eigenvalue weighted by atomic mass is 9.99. The summed E-state index contributed by atoms with van der Waals surface area (Å²) >= 11 is 6.36. The molecule has 2 N–H and O–H groups in total. The van der Waals surface area contributed by atoms with Crippen LogP contribution in [0, 0.1) is 17.2 Å². The quantitative estimate of drug-likeness (QED) is 0.441. The van der Waals surface area contributed by atoms with E-state index in [1.165, 1.54) is 6.20 Å². The number of benzene rings is 1. The maximum Gasteiger partial charge on any atom is 0.248 e. The van der Waals surface area contributed by atoms with Crippen LogP contribution in [0.3, 0.4) is 0 Å². The molecule has 1 fully saturated rings. The number of nitrogens with one attached hydrogen (secondary N) is 1. The second-order valence-corrected chi connectivity index (χ2v) is 9.14. The molecule has 2 aromatic heterocycles. The van der Waals surface area contributed by atoms with Gasteiger partial charge in [-0.2, -0.15) is 10.4 Å². The number of piperidine rings is 1. The van der Waals surface area contributed by atoms with E-state index in [0.717, 1.165) is 18.4 Å². The highest BCUT2D eigenvalue weighted by atomic mass is 35.5. The summed E-state index contributed by atoms with van der Waals surface area (Å²) in [6.45, 7) is 2.42. The number of nitriles is 1. The van der Waals surface area contributed by atoms with Crippen LogP contribution in [0.1, 0.15) is 42.6 Å². The number of carbonyl (C=O) groups is 2. The molecule has 186 valence electrons. The van der Waals surface area contributed by atoms with E-state index in [-0.39, 0.29) is 30.1 Å². The predicted molar refractivity (Wildman–Crippen MR) is 134 cm³/mol. The summed E-state index contributed by atoms with van der Waals surface area (Å²) in [4.78, 5) is 34.5. The molecule has 36 heavy (non-hydrogen) atoms. The summed E-state index contributed by atoms with van der Waals surface area (Å²) in [6.07, 6.45) is 6.74. The van der Waals surface area contributed by atoms with Crippen LogP contribution in [0.25, 0.3) is 11.3 Å². The molecule has 4 rings (SSSR count). The minimum Gasteiger partial charge on any atom is -0.387 e. The highest BCUT2D eigenvalue weighted by molar-refractivity contribution is 6.32. The minimum atomic E-state index is -0.465. The van der Waals surface area contributed by atoms with Crippen LogP contribution < -0.4 is 5.32 Å². The normalized spacial score (nSPS) is 14.8. The largest absolute Gasteiger partial charge is 0.387 e. The molecule has 1 atom stereocenters. The van der Waals surface area contributed by atoms with Crippen LogP contribution in [0.2, 0.25) is 5.02 Å². The van der Waals surface area contributed by atoms with Gasteiger partial charge in [-0.1, -0.05) is 35.9 Å². The van der Waals surface area contributed by atoms with Crippen molar-refractivity contribution < 1.29 is 14.7 Å². The number of anilines is 2. The number of hydrogen-bond donors (Lipinski definition) is 2. The first-order chi connectivity index (χ1) is 17.4. The van der Waals surface area contributed by atoms with E-state index in [2.05, 4.69) is 26.5 Å². The molecule has 1 aliphatic heterocycles. The Morgan fingerprint density at radius 1 is 1.25 bits per heavy atom. The van der Waals surface area contributed by atoms with E-state index < -0.39 is 6.61 Å². The van der Waals surface area contributed by atoms with Crippen molar-refractivity contribution in [2.24, 2.45) is 5.92 Å². The number of carbonyl (C=O) groups excluding carboxylic acids is 2. The zero-order valence-electron chi connectivity index (χ0n) is 19.8. The third-order valence-corrected chi connectivity index (χ3v) is 6.40. The molecule has 1 aliphatic rings. The molecule has 0 radical (unpaired) electrons. The van der Waals surface area contributed by atoms with Gasteiger partial charge in [-0.05, 0) is 19.8 Å². The molecule has 0 bridgehead atoms. The number of aromatic nitrogens is 4. The third kappa shape index (κ3) is 5.87. The van der Waals surface area contributed by atoms with Crippen molar-refractivity contribution in [3.63, 3.8) is 0 Å². The van der Waals surface area contributed by atoms with E-state index >= 15 is 0 Å². The topological polar surface area (TPSA) is 137 Å². The molecule has 1 aromatic carbocycles. The van der Waals surface area contributed by atoms with E-state index in [4.69, 9.17) is 22.0 Å². The summed E-state index contributed by atoms with van der Waals surface area (Å²) in [5.74, 6) is -0.328. The van der Waals surface area contributed by atoms with Crippen LogP contribution in [0.5, 0.6) is 0 Å². The number of halogens is 1. The van der Waals surface area contributed by atoms with Gasteiger partial charge in [0.25, 0.3) is 0 Å². The van der Waals surface area contributed by atoms with Crippen LogP contribution in [0.4, 0.5) is 11.6 Å². The van der Waals surface area contributed by atoms with Crippen molar-refractivity contribution in [1.82, 2.24) is 24.6 Å². The van der Waals surface area contributed by atoms with E-state index in [1.54, 1.807) is 42.3 Å². The number of nitrogens with zero attached hydrogens (tertiary/aromatic N) is 6. The number of rotatable bonds is 8. The van der Waals surface area contributed by atoms with Crippen molar-refractivity contribution in [2.75, 3.05) is 25.0 Å². The summed E-state index contributed by atoms with van der Waals surface area (Å²) in [7, 11) is 0. The molecule has 11 heteroatoms. The maximum absolute atomic E-state index is 12.3. The van der Waals surface area contributed by atoms with Crippen LogP contribution in [-0.4, -0.2) is 61.1 Å². The summed E-state index contributed by atoms with van der Waals surface area (Å²) in [5.41, 5.74) is 2.50. The molecule has 3 heterocycles. The number of aliphatic hydroxyl groups excluding tert-OH is 1. The Balaban J connectivity index is 1.43. The van der Waals surface area contributed by atoms with Crippen LogP contribution in [0.15, 0.2) is 42.9 Å². The molecule has 10 nitrogen and oxygen atoms in total. The van der Waals surface area contributed by atoms with Gasteiger partial charge in [0.15, 0.2) is 5.78 Å². The minimum absolute atomic E-state index is 0.0885. The van der Waals surface area contributed by atoms with Gasteiger partial charge in [-0.15, -0.1) is 0 Å². The first-order valence-corrected chi connectivity index (χ1v) is 12.0. The van der Waals surface area contributed by atoms with Crippen molar-refractivity contribution in [3.8, 4) is 17.3 Å². The van der Waals surface area contributed by atoms with Gasteiger partial charge in [-0.3, -0.25) is 14.3 Å². The lowest BCUT2D eigenvalue weighted by molar-refractivity contribution is -0.135. The second-order valence-electron chi connectivity index (χ2n) is 8.73. The van der Waals surface area contributed by atoms with Crippen molar-refractivity contribution in [1.29, 1.82) is 5.26 Å². The Hall–Kier alpha value is -3.81. The summed E-state index contributed by atoms with van der Waals surface area (Å²) < 4.78 is 1.86. The highest BCUT2D eigenvalue weighted by Gasteiger charge is 2.24.